The number of carboxylic acid groups (broad SMARTS) is 1. The summed E-state index contributed by atoms with van der Waals surface area (Å²) >= 11 is 0. The fourth-order valence-corrected chi connectivity index (χ4v) is 1.20. The molecule has 1 heterocycles. The number of aromatic amines is 1. The third-order valence-electron chi connectivity index (χ3n) is 1.79. The van der Waals surface area contributed by atoms with Crippen molar-refractivity contribution in [2.45, 2.75) is 0 Å². The molecule has 14 heavy (non-hydrogen) atoms. The zero-order valence-corrected chi connectivity index (χ0v) is 7.27. The molecule has 0 unspecified atom stereocenters. The van der Waals surface area contributed by atoms with Crippen LogP contribution in [-0.2, 0) is 4.79 Å². The van der Waals surface area contributed by atoms with E-state index in [1.807, 2.05) is 24.3 Å². The SMILES string of the molecule is O=C(O)/C=C/c1nc2ccccc2[nH]1. The molecule has 0 saturated heterocycles. The predicted molar refractivity (Wildman–Crippen MR) is 52.8 cm³/mol. The van der Waals surface area contributed by atoms with E-state index < -0.39 is 5.97 Å². The second kappa shape index (κ2) is 3.33. The summed E-state index contributed by atoms with van der Waals surface area (Å²) in [6.45, 7) is 0. The Labute approximate surface area is 79.9 Å². The van der Waals surface area contributed by atoms with Gasteiger partial charge in [0, 0.05) is 6.08 Å². The Morgan fingerprint density at radius 2 is 2.21 bits per heavy atom. The van der Waals surface area contributed by atoms with Gasteiger partial charge in [0.1, 0.15) is 5.82 Å². The number of nitrogens with zero attached hydrogens (tertiary/aromatic N) is 1. The van der Waals surface area contributed by atoms with Crippen LogP contribution in [0.15, 0.2) is 30.3 Å². The topological polar surface area (TPSA) is 66.0 Å². The number of carboxylic acids is 1. The van der Waals surface area contributed by atoms with Gasteiger partial charge in [-0.25, -0.2) is 9.78 Å². The Hall–Kier alpha value is -2.10. The molecule has 4 heteroatoms. The largest absolute Gasteiger partial charge is 0.478 e. The molecule has 0 aliphatic rings. The van der Waals surface area contributed by atoms with Crippen molar-refractivity contribution in [1.29, 1.82) is 0 Å². The molecule has 0 radical (unpaired) electrons. The van der Waals surface area contributed by atoms with Gasteiger partial charge >= 0.3 is 5.97 Å². The van der Waals surface area contributed by atoms with E-state index in [-0.39, 0.29) is 0 Å². The molecule has 70 valence electrons. The average molecular weight is 188 g/mol. The van der Waals surface area contributed by atoms with E-state index in [2.05, 4.69) is 9.97 Å². The zero-order chi connectivity index (χ0) is 9.97. The Morgan fingerprint density at radius 1 is 1.43 bits per heavy atom. The highest BCUT2D eigenvalue weighted by atomic mass is 16.4. The van der Waals surface area contributed by atoms with Gasteiger partial charge in [0.15, 0.2) is 0 Å². The number of hydrogen-bond donors (Lipinski definition) is 2. The number of para-hydroxylation sites is 2. The van der Waals surface area contributed by atoms with Crippen LogP contribution < -0.4 is 0 Å². The molecular weight excluding hydrogens is 180 g/mol. The molecule has 0 spiro atoms. The first-order valence-electron chi connectivity index (χ1n) is 4.11. The van der Waals surface area contributed by atoms with E-state index in [9.17, 15) is 4.79 Å². The van der Waals surface area contributed by atoms with E-state index >= 15 is 0 Å². The van der Waals surface area contributed by atoms with Gasteiger partial charge in [0.25, 0.3) is 0 Å². The number of H-pyrrole nitrogens is 1. The number of fused-ring (bicyclic) bond motifs is 1. The van der Waals surface area contributed by atoms with Crippen LogP contribution in [0.2, 0.25) is 0 Å². The first-order valence-corrected chi connectivity index (χ1v) is 4.11. The summed E-state index contributed by atoms with van der Waals surface area (Å²) in [6.07, 6.45) is 2.49. The molecule has 0 bridgehead atoms. The minimum atomic E-state index is -0.981. The zero-order valence-electron chi connectivity index (χ0n) is 7.27. The first kappa shape index (κ1) is 8.50. The fourth-order valence-electron chi connectivity index (χ4n) is 1.20. The van der Waals surface area contributed by atoms with Crippen LogP contribution in [0, 0.1) is 0 Å². The van der Waals surface area contributed by atoms with Crippen molar-refractivity contribution >= 4 is 23.1 Å². The minimum Gasteiger partial charge on any atom is -0.478 e. The smallest absolute Gasteiger partial charge is 0.328 e. The summed E-state index contributed by atoms with van der Waals surface area (Å²) in [6, 6.07) is 7.53. The van der Waals surface area contributed by atoms with Crippen molar-refractivity contribution in [1.82, 2.24) is 9.97 Å². The lowest BCUT2D eigenvalue weighted by Gasteiger charge is -1.81. The molecule has 4 nitrogen and oxygen atoms in total. The normalized spacial score (nSPS) is 11.1. The Bertz CT molecular complexity index is 467. The molecular formula is C10H8N2O2. The standard InChI is InChI=1S/C10H8N2O2/c13-10(14)6-5-9-11-7-3-1-2-4-8(7)12-9/h1-6H,(H,11,12)(H,13,14)/b6-5+. The number of imidazole rings is 1. The number of aliphatic carboxylic acids is 1. The van der Waals surface area contributed by atoms with Crippen LogP contribution in [0.3, 0.4) is 0 Å². The van der Waals surface area contributed by atoms with Crippen LogP contribution in [0.5, 0.6) is 0 Å². The molecule has 0 amide bonds. The maximum absolute atomic E-state index is 10.3. The second-order valence-corrected chi connectivity index (χ2v) is 2.81. The molecule has 0 aliphatic heterocycles. The quantitative estimate of drug-likeness (QED) is 0.704. The number of aromatic nitrogens is 2. The summed E-state index contributed by atoms with van der Waals surface area (Å²) in [4.78, 5) is 17.4. The summed E-state index contributed by atoms with van der Waals surface area (Å²) in [5.74, 6) is -0.431. The van der Waals surface area contributed by atoms with Gasteiger partial charge < -0.3 is 10.1 Å². The van der Waals surface area contributed by atoms with E-state index in [1.165, 1.54) is 6.08 Å². The molecule has 1 aromatic carbocycles. The number of benzene rings is 1. The molecule has 0 atom stereocenters. The molecule has 0 fully saturated rings. The van der Waals surface area contributed by atoms with E-state index in [1.54, 1.807) is 0 Å². The fraction of sp³-hybridized carbons (Fsp3) is 0. The molecule has 0 aliphatic carbocycles. The molecule has 2 N–H and O–H groups in total. The number of rotatable bonds is 2. The monoisotopic (exact) mass is 188 g/mol. The van der Waals surface area contributed by atoms with Gasteiger partial charge in [-0.2, -0.15) is 0 Å². The molecule has 0 saturated carbocycles. The Morgan fingerprint density at radius 3 is 2.93 bits per heavy atom. The summed E-state index contributed by atoms with van der Waals surface area (Å²) in [7, 11) is 0. The maximum atomic E-state index is 10.3. The van der Waals surface area contributed by atoms with Gasteiger partial charge in [-0.05, 0) is 18.2 Å². The lowest BCUT2D eigenvalue weighted by atomic mass is 10.3. The summed E-state index contributed by atoms with van der Waals surface area (Å²) in [5.41, 5.74) is 1.73. The van der Waals surface area contributed by atoms with Gasteiger partial charge in [0.05, 0.1) is 11.0 Å². The van der Waals surface area contributed by atoms with Crippen LogP contribution in [0.4, 0.5) is 0 Å². The molecule has 1 aromatic heterocycles. The van der Waals surface area contributed by atoms with Crippen molar-refractivity contribution in [3.8, 4) is 0 Å². The van der Waals surface area contributed by atoms with Crippen molar-refractivity contribution in [3.63, 3.8) is 0 Å². The van der Waals surface area contributed by atoms with E-state index in [0.717, 1.165) is 17.1 Å². The van der Waals surface area contributed by atoms with Crippen LogP contribution in [0.1, 0.15) is 5.82 Å². The van der Waals surface area contributed by atoms with Crippen molar-refractivity contribution in [3.05, 3.63) is 36.2 Å². The number of nitrogens with one attached hydrogen (secondary N) is 1. The van der Waals surface area contributed by atoms with Crippen molar-refractivity contribution in [2.75, 3.05) is 0 Å². The highest BCUT2D eigenvalue weighted by molar-refractivity contribution is 5.85. The minimum absolute atomic E-state index is 0.550. The summed E-state index contributed by atoms with van der Waals surface area (Å²) < 4.78 is 0. The lowest BCUT2D eigenvalue weighted by Crippen LogP contribution is -1.86. The number of hydrogen-bond acceptors (Lipinski definition) is 2. The maximum Gasteiger partial charge on any atom is 0.328 e. The Balaban J connectivity index is 2.40. The van der Waals surface area contributed by atoms with Crippen molar-refractivity contribution < 1.29 is 9.90 Å². The van der Waals surface area contributed by atoms with Gasteiger partial charge in [-0.3, -0.25) is 0 Å². The van der Waals surface area contributed by atoms with E-state index in [0.29, 0.717) is 5.82 Å². The van der Waals surface area contributed by atoms with E-state index in [4.69, 9.17) is 5.11 Å². The van der Waals surface area contributed by atoms with Gasteiger partial charge in [-0.15, -0.1) is 0 Å². The molecule has 2 rings (SSSR count). The lowest BCUT2D eigenvalue weighted by molar-refractivity contribution is -0.131. The third kappa shape index (κ3) is 1.64. The second-order valence-electron chi connectivity index (χ2n) is 2.81. The third-order valence-corrected chi connectivity index (χ3v) is 1.79. The van der Waals surface area contributed by atoms with Crippen LogP contribution in [-0.4, -0.2) is 21.0 Å². The van der Waals surface area contributed by atoms with Crippen LogP contribution >= 0.6 is 0 Å². The molecule has 2 aromatic rings. The highest BCUT2D eigenvalue weighted by Gasteiger charge is 1.98. The summed E-state index contributed by atoms with van der Waals surface area (Å²) in [5, 5.41) is 8.42. The Kier molecular flexibility index (Phi) is 2.02. The number of carbonyl (C=O) groups is 1. The van der Waals surface area contributed by atoms with Crippen LogP contribution in [0.25, 0.3) is 17.1 Å². The van der Waals surface area contributed by atoms with Gasteiger partial charge in [-0.1, -0.05) is 12.1 Å². The average Bonchev–Trinajstić information content (AvgIpc) is 2.57. The predicted octanol–water partition coefficient (Wildman–Crippen LogP) is 1.66. The van der Waals surface area contributed by atoms with Crippen molar-refractivity contribution in [2.24, 2.45) is 0 Å². The first-order chi connectivity index (χ1) is 6.75. The van der Waals surface area contributed by atoms with Gasteiger partial charge in [0.2, 0.25) is 0 Å². The highest BCUT2D eigenvalue weighted by Crippen LogP contribution is 2.10.